The number of benzene rings is 2. The molecule has 0 saturated carbocycles. The molecule has 0 bridgehead atoms. The minimum atomic E-state index is -1.23. The van der Waals surface area contributed by atoms with E-state index in [1.54, 1.807) is 7.05 Å². The third-order valence-electron chi connectivity index (χ3n) is 4.55. The van der Waals surface area contributed by atoms with Gasteiger partial charge in [0, 0.05) is 35.3 Å². The molecule has 2 heterocycles. The zero-order valence-corrected chi connectivity index (χ0v) is 18.0. The average Bonchev–Trinajstić information content (AvgIpc) is 2.74. The lowest BCUT2D eigenvalue weighted by Gasteiger charge is -2.10. The molecule has 0 spiro atoms. The van der Waals surface area contributed by atoms with E-state index in [1.807, 2.05) is 30.3 Å². The van der Waals surface area contributed by atoms with Crippen molar-refractivity contribution in [1.29, 1.82) is 0 Å². The van der Waals surface area contributed by atoms with E-state index in [2.05, 4.69) is 25.6 Å². The highest BCUT2D eigenvalue weighted by molar-refractivity contribution is 5.86. The molecule has 0 aliphatic carbocycles. The highest BCUT2D eigenvalue weighted by Crippen LogP contribution is 2.29. The molecule has 2 N–H and O–H groups in total. The fourth-order valence-electron chi connectivity index (χ4n) is 2.93. The van der Waals surface area contributed by atoms with Gasteiger partial charge in [-0.25, -0.2) is 28.1 Å². The summed E-state index contributed by atoms with van der Waals surface area (Å²) in [5, 5.41) is 7.03. The van der Waals surface area contributed by atoms with E-state index in [0.717, 1.165) is 22.8 Å². The molecule has 0 radical (unpaired) electrons. The van der Waals surface area contributed by atoms with Crippen molar-refractivity contribution in [3.8, 4) is 11.3 Å². The van der Waals surface area contributed by atoms with E-state index in [4.69, 9.17) is 0 Å². The Morgan fingerprint density at radius 1 is 0.839 bits per heavy atom. The molecule has 0 atom stereocenters. The quantitative estimate of drug-likeness (QED) is 0.358. The van der Waals surface area contributed by atoms with Crippen molar-refractivity contribution in [3.63, 3.8) is 0 Å². The van der Waals surface area contributed by atoms with Crippen LogP contribution in [0.15, 0.2) is 48.8 Å². The highest BCUT2D eigenvalue weighted by atomic mass is 35.5. The Labute approximate surface area is 189 Å². The number of nitrogens with zero attached hydrogens (tertiary/aromatic N) is 3. The van der Waals surface area contributed by atoms with Crippen molar-refractivity contribution in [2.45, 2.75) is 6.92 Å². The van der Waals surface area contributed by atoms with Gasteiger partial charge in [-0.2, -0.15) is 0 Å². The lowest BCUT2D eigenvalue weighted by atomic mass is 10.1. The van der Waals surface area contributed by atoms with Crippen LogP contribution in [-0.2, 0) is 0 Å². The van der Waals surface area contributed by atoms with Crippen LogP contribution in [0.1, 0.15) is 5.56 Å². The molecule has 162 valence electrons. The first-order valence-electron chi connectivity index (χ1n) is 8.78. The Bertz CT molecular complexity index is 1240. The summed E-state index contributed by atoms with van der Waals surface area (Å²) in [5.74, 6) is -2.14. The van der Waals surface area contributed by atoms with Gasteiger partial charge in [0.1, 0.15) is 23.8 Å². The summed E-state index contributed by atoms with van der Waals surface area (Å²) in [6.45, 7) is 1.18. The van der Waals surface area contributed by atoms with Gasteiger partial charge in [0.25, 0.3) is 0 Å². The molecule has 5 nitrogen and oxygen atoms in total. The van der Waals surface area contributed by atoms with Gasteiger partial charge in [-0.05, 0) is 37.3 Å². The van der Waals surface area contributed by atoms with Crippen LogP contribution in [0, 0.1) is 24.4 Å². The average molecular weight is 468 g/mol. The van der Waals surface area contributed by atoms with E-state index >= 15 is 0 Å². The number of rotatable bonds is 4. The monoisotopic (exact) mass is 467 g/mol. The summed E-state index contributed by atoms with van der Waals surface area (Å²) in [5.41, 5.74) is 0.891. The smallest absolute Gasteiger partial charge is 0.168 e. The van der Waals surface area contributed by atoms with Crippen LogP contribution in [0.25, 0.3) is 22.2 Å². The van der Waals surface area contributed by atoms with Crippen LogP contribution < -0.4 is 10.6 Å². The third-order valence-corrected chi connectivity index (χ3v) is 4.55. The number of fused-ring (bicyclic) bond motifs is 1. The Hall–Kier alpha value is -3.10. The Morgan fingerprint density at radius 3 is 2.32 bits per heavy atom. The summed E-state index contributed by atoms with van der Waals surface area (Å²) in [6, 6.07) is 11.8. The minimum absolute atomic E-state index is 0. The maximum absolute atomic E-state index is 14.3. The largest absolute Gasteiger partial charge is 0.373 e. The molecule has 10 heteroatoms. The first-order valence-corrected chi connectivity index (χ1v) is 8.78. The molecule has 0 aliphatic heterocycles. The molecule has 0 amide bonds. The fraction of sp³-hybridized carbons (Fsp3) is 0.0952. The molecule has 4 aromatic rings. The van der Waals surface area contributed by atoms with Gasteiger partial charge in [-0.3, -0.25) is 0 Å². The van der Waals surface area contributed by atoms with Crippen LogP contribution in [-0.4, -0.2) is 22.0 Å². The molecule has 0 unspecified atom stereocenters. The third kappa shape index (κ3) is 4.81. The van der Waals surface area contributed by atoms with Crippen molar-refractivity contribution < 1.29 is 13.2 Å². The Balaban J connectivity index is 0.00000171. The van der Waals surface area contributed by atoms with Crippen molar-refractivity contribution in [2.75, 3.05) is 17.7 Å². The van der Waals surface area contributed by atoms with Crippen molar-refractivity contribution >= 4 is 53.0 Å². The number of pyridine rings is 1. The second kappa shape index (κ2) is 9.80. The molecule has 0 fully saturated rings. The number of hydrogen-bond donors (Lipinski definition) is 2. The van der Waals surface area contributed by atoms with Crippen LogP contribution in [0.5, 0.6) is 0 Å². The summed E-state index contributed by atoms with van der Waals surface area (Å²) < 4.78 is 42.1. The zero-order chi connectivity index (χ0) is 20.5. The van der Waals surface area contributed by atoms with E-state index in [0.29, 0.717) is 11.5 Å². The molecular formula is C21H18Cl2F3N5. The van der Waals surface area contributed by atoms with E-state index in [1.165, 1.54) is 19.3 Å². The van der Waals surface area contributed by atoms with E-state index < -0.39 is 17.5 Å². The van der Waals surface area contributed by atoms with Crippen LogP contribution >= 0.6 is 24.8 Å². The van der Waals surface area contributed by atoms with Gasteiger partial charge in [-0.1, -0.05) is 6.07 Å². The summed E-state index contributed by atoms with van der Waals surface area (Å²) >= 11 is 0. The number of aromatic nitrogens is 3. The van der Waals surface area contributed by atoms with Gasteiger partial charge >= 0.3 is 0 Å². The van der Waals surface area contributed by atoms with Gasteiger partial charge in [0.05, 0.1) is 11.2 Å². The van der Waals surface area contributed by atoms with Crippen molar-refractivity contribution in [3.05, 3.63) is 71.8 Å². The molecule has 4 rings (SSSR count). The fourth-order valence-corrected chi connectivity index (χ4v) is 2.93. The zero-order valence-electron chi connectivity index (χ0n) is 16.4. The Kier molecular flexibility index (Phi) is 7.65. The molecule has 0 saturated heterocycles. The van der Waals surface area contributed by atoms with Gasteiger partial charge in [0.2, 0.25) is 0 Å². The van der Waals surface area contributed by atoms with Crippen LogP contribution in [0.3, 0.4) is 0 Å². The number of anilines is 3. The lowest BCUT2D eigenvalue weighted by Crippen LogP contribution is -2.00. The lowest BCUT2D eigenvalue weighted by molar-refractivity contribution is 0.488. The summed E-state index contributed by atoms with van der Waals surface area (Å²) in [6.07, 6.45) is 1.20. The standard InChI is InChI=1S/C21H16F3N5.2ClH/c1-11-15(22)8-14(21(24)20(11)23)17-9-19(27-10-26-17)28-13-5-3-12-4-6-18(25-2)29-16(12)7-13;;/h3-10H,1-2H3,(H,25,29)(H,26,27,28);2*1H. The second-order valence-corrected chi connectivity index (χ2v) is 6.43. The van der Waals surface area contributed by atoms with Crippen LogP contribution in [0.4, 0.5) is 30.5 Å². The first-order chi connectivity index (χ1) is 14.0. The van der Waals surface area contributed by atoms with Crippen molar-refractivity contribution in [1.82, 2.24) is 15.0 Å². The maximum atomic E-state index is 14.3. The van der Waals surface area contributed by atoms with Gasteiger partial charge < -0.3 is 10.6 Å². The molecule has 2 aromatic carbocycles. The highest BCUT2D eigenvalue weighted by Gasteiger charge is 2.18. The van der Waals surface area contributed by atoms with Gasteiger partial charge in [-0.15, -0.1) is 24.8 Å². The molecule has 2 aromatic heterocycles. The molecule has 31 heavy (non-hydrogen) atoms. The Morgan fingerprint density at radius 2 is 1.58 bits per heavy atom. The number of nitrogens with one attached hydrogen (secondary N) is 2. The summed E-state index contributed by atoms with van der Waals surface area (Å²) in [7, 11) is 1.79. The SMILES string of the molecule is CNc1ccc2ccc(Nc3cc(-c4cc(F)c(C)c(F)c4F)ncn3)cc2n1.Cl.Cl. The predicted octanol–water partition coefficient (Wildman–Crippen LogP) is 6.05. The predicted molar refractivity (Wildman–Crippen MR) is 121 cm³/mol. The van der Waals surface area contributed by atoms with Crippen molar-refractivity contribution in [2.24, 2.45) is 0 Å². The number of hydrogen-bond acceptors (Lipinski definition) is 5. The summed E-state index contributed by atoms with van der Waals surface area (Å²) in [4.78, 5) is 12.5. The second-order valence-electron chi connectivity index (χ2n) is 6.43. The number of halogens is 5. The first kappa shape index (κ1) is 24.2. The normalized spacial score (nSPS) is 10.2. The van der Waals surface area contributed by atoms with E-state index in [9.17, 15) is 13.2 Å². The minimum Gasteiger partial charge on any atom is -0.373 e. The molecule has 0 aliphatic rings. The topological polar surface area (TPSA) is 62.7 Å². The van der Waals surface area contributed by atoms with E-state index in [-0.39, 0.29) is 41.6 Å². The maximum Gasteiger partial charge on any atom is 0.168 e. The van der Waals surface area contributed by atoms with Gasteiger partial charge in [0.15, 0.2) is 11.6 Å². The van der Waals surface area contributed by atoms with Crippen LogP contribution in [0.2, 0.25) is 0 Å². The molecular weight excluding hydrogens is 450 g/mol.